The van der Waals surface area contributed by atoms with Crippen LogP contribution in [0.25, 0.3) is 0 Å². The fourth-order valence-corrected chi connectivity index (χ4v) is 4.23. The number of hydrogen-bond donors (Lipinski definition) is 0. The van der Waals surface area contributed by atoms with Crippen molar-refractivity contribution in [3.8, 4) is 0 Å². The standard InChI is InChI=1S/C12H20/c1-11(2,3)10-7-12-5-4-8(12)6-9(10)12/h8-10H,4-7H2,1-3H3. The van der Waals surface area contributed by atoms with Crippen molar-refractivity contribution in [1.82, 2.24) is 0 Å². The molecule has 0 N–H and O–H groups in total. The molecule has 0 aromatic heterocycles. The molecule has 3 aliphatic carbocycles. The maximum atomic E-state index is 2.43. The lowest BCUT2D eigenvalue weighted by Gasteiger charge is -2.76. The van der Waals surface area contributed by atoms with Crippen LogP contribution < -0.4 is 0 Å². The second kappa shape index (κ2) is 1.76. The first kappa shape index (κ1) is 7.41. The topological polar surface area (TPSA) is 0 Å². The van der Waals surface area contributed by atoms with Crippen molar-refractivity contribution in [2.24, 2.45) is 28.6 Å². The highest BCUT2D eigenvalue weighted by atomic mass is 14.7. The Balaban J connectivity index is 1.75. The van der Waals surface area contributed by atoms with Gasteiger partial charge in [-0.25, -0.2) is 0 Å². The first-order chi connectivity index (χ1) is 5.54. The van der Waals surface area contributed by atoms with Gasteiger partial charge in [0.2, 0.25) is 0 Å². The Hall–Kier alpha value is 0. The summed E-state index contributed by atoms with van der Waals surface area (Å²) in [6.45, 7) is 7.28. The van der Waals surface area contributed by atoms with Crippen molar-refractivity contribution in [3.63, 3.8) is 0 Å². The van der Waals surface area contributed by atoms with E-state index in [2.05, 4.69) is 20.8 Å². The molecule has 68 valence electrons. The molecule has 0 bridgehead atoms. The van der Waals surface area contributed by atoms with Crippen LogP contribution in [-0.4, -0.2) is 0 Å². The summed E-state index contributed by atoms with van der Waals surface area (Å²) in [4.78, 5) is 0. The van der Waals surface area contributed by atoms with Gasteiger partial charge in [0, 0.05) is 0 Å². The lowest BCUT2D eigenvalue weighted by Crippen LogP contribution is -2.69. The van der Waals surface area contributed by atoms with Crippen molar-refractivity contribution in [3.05, 3.63) is 0 Å². The maximum absolute atomic E-state index is 2.43. The fraction of sp³-hybridized carbons (Fsp3) is 1.00. The van der Waals surface area contributed by atoms with Crippen molar-refractivity contribution < 1.29 is 0 Å². The fourth-order valence-electron chi connectivity index (χ4n) is 4.23. The molecule has 0 amide bonds. The third kappa shape index (κ3) is 0.592. The number of hydrogen-bond acceptors (Lipinski definition) is 0. The van der Waals surface area contributed by atoms with Gasteiger partial charge in [0.15, 0.2) is 0 Å². The molecular formula is C12H20. The summed E-state index contributed by atoms with van der Waals surface area (Å²) in [6.07, 6.45) is 6.30. The zero-order valence-electron chi connectivity index (χ0n) is 8.56. The molecule has 0 aromatic rings. The van der Waals surface area contributed by atoms with Gasteiger partial charge in [-0.1, -0.05) is 20.8 Å². The largest absolute Gasteiger partial charge is 0.0599 e. The summed E-state index contributed by atoms with van der Waals surface area (Å²) < 4.78 is 0. The normalized spacial score (nSPS) is 55.8. The molecule has 3 saturated carbocycles. The van der Waals surface area contributed by atoms with Crippen molar-refractivity contribution in [2.75, 3.05) is 0 Å². The zero-order chi connectivity index (χ0) is 8.56. The minimum absolute atomic E-state index is 0.594. The van der Waals surface area contributed by atoms with Crippen molar-refractivity contribution in [2.45, 2.75) is 46.5 Å². The molecule has 1 spiro atoms. The van der Waals surface area contributed by atoms with E-state index in [9.17, 15) is 0 Å². The minimum atomic E-state index is 0.594. The summed E-state index contributed by atoms with van der Waals surface area (Å²) in [6, 6.07) is 0. The van der Waals surface area contributed by atoms with E-state index >= 15 is 0 Å². The van der Waals surface area contributed by atoms with Gasteiger partial charge in [-0.05, 0) is 54.3 Å². The molecule has 12 heavy (non-hydrogen) atoms. The van der Waals surface area contributed by atoms with E-state index < -0.39 is 0 Å². The first-order valence-corrected chi connectivity index (χ1v) is 5.54. The van der Waals surface area contributed by atoms with Gasteiger partial charge < -0.3 is 0 Å². The maximum Gasteiger partial charge on any atom is -0.0235 e. The third-order valence-electron chi connectivity index (χ3n) is 5.25. The molecule has 4 atom stereocenters. The minimum Gasteiger partial charge on any atom is -0.0599 e. The Morgan fingerprint density at radius 2 is 2.00 bits per heavy atom. The van der Waals surface area contributed by atoms with E-state index in [1.165, 1.54) is 5.92 Å². The highest BCUT2D eigenvalue weighted by Gasteiger charge is 2.70. The third-order valence-corrected chi connectivity index (χ3v) is 5.25. The molecule has 3 aliphatic rings. The van der Waals surface area contributed by atoms with Crippen LogP contribution in [-0.2, 0) is 0 Å². The van der Waals surface area contributed by atoms with E-state index in [0.29, 0.717) is 5.41 Å². The van der Waals surface area contributed by atoms with Crippen LogP contribution in [0.15, 0.2) is 0 Å². The van der Waals surface area contributed by atoms with Gasteiger partial charge >= 0.3 is 0 Å². The Bertz CT molecular complexity index is 223. The molecule has 0 aromatic carbocycles. The molecule has 0 saturated heterocycles. The second-order valence-corrected chi connectivity index (χ2v) is 6.49. The van der Waals surface area contributed by atoms with Gasteiger partial charge in [0.25, 0.3) is 0 Å². The average Bonchev–Trinajstić information content (AvgIpc) is 1.81. The molecule has 0 heterocycles. The predicted molar refractivity (Wildman–Crippen MR) is 50.8 cm³/mol. The summed E-state index contributed by atoms with van der Waals surface area (Å²) in [7, 11) is 0. The van der Waals surface area contributed by atoms with Crippen LogP contribution in [0.5, 0.6) is 0 Å². The smallest absolute Gasteiger partial charge is 0.0235 e. The van der Waals surface area contributed by atoms with E-state index in [1.807, 2.05) is 0 Å². The van der Waals surface area contributed by atoms with Gasteiger partial charge in [0.1, 0.15) is 0 Å². The van der Waals surface area contributed by atoms with Crippen LogP contribution >= 0.6 is 0 Å². The summed E-state index contributed by atoms with van der Waals surface area (Å²) in [5.41, 5.74) is 1.52. The SMILES string of the molecule is CC(C)(C)C1CC23CCC2CC13. The molecular weight excluding hydrogens is 144 g/mol. The first-order valence-electron chi connectivity index (χ1n) is 5.54. The van der Waals surface area contributed by atoms with Gasteiger partial charge in [-0.15, -0.1) is 0 Å². The summed E-state index contributed by atoms with van der Waals surface area (Å²) >= 11 is 0. The number of rotatable bonds is 0. The van der Waals surface area contributed by atoms with Crippen molar-refractivity contribution in [1.29, 1.82) is 0 Å². The molecule has 4 unspecified atom stereocenters. The Kier molecular flexibility index (Phi) is 1.09. The molecule has 3 fully saturated rings. The summed E-state index contributed by atoms with van der Waals surface area (Å²) in [5, 5.41) is 0. The lowest BCUT2D eigenvalue weighted by molar-refractivity contribution is -0.275. The van der Waals surface area contributed by atoms with Crippen LogP contribution in [0.2, 0.25) is 0 Å². The van der Waals surface area contributed by atoms with Crippen LogP contribution in [0, 0.1) is 28.6 Å². The van der Waals surface area contributed by atoms with E-state index in [0.717, 1.165) is 17.3 Å². The zero-order valence-corrected chi connectivity index (χ0v) is 8.56. The molecule has 0 nitrogen and oxygen atoms in total. The van der Waals surface area contributed by atoms with Crippen molar-refractivity contribution >= 4 is 0 Å². The molecule has 0 heteroatoms. The molecule has 0 radical (unpaired) electrons. The highest BCUT2D eigenvalue weighted by Crippen LogP contribution is 2.78. The van der Waals surface area contributed by atoms with E-state index in [4.69, 9.17) is 0 Å². The van der Waals surface area contributed by atoms with E-state index in [-0.39, 0.29) is 0 Å². The Morgan fingerprint density at radius 3 is 2.25 bits per heavy atom. The highest BCUT2D eigenvalue weighted by molar-refractivity contribution is 5.19. The molecule has 3 rings (SSSR count). The summed E-state index contributed by atoms with van der Waals surface area (Å²) in [5.74, 6) is 3.39. The van der Waals surface area contributed by atoms with Crippen LogP contribution in [0.1, 0.15) is 46.5 Å². The van der Waals surface area contributed by atoms with E-state index in [1.54, 1.807) is 25.7 Å². The molecule has 0 aliphatic heterocycles. The second-order valence-electron chi connectivity index (χ2n) is 6.49. The predicted octanol–water partition coefficient (Wildman–Crippen LogP) is 3.47. The van der Waals surface area contributed by atoms with Gasteiger partial charge in [-0.3, -0.25) is 0 Å². The van der Waals surface area contributed by atoms with Gasteiger partial charge in [0.05, 0.1) is 0 Å². The Labute approximate surface area is 75.7 Å². The quantitative estimate of drug-likeness (QED) is 0.514. The van der Waals surface area contributed by atoms with Crippen LogP contribution in [0.4, 0.5) is 0 Å². The average molecular weight is 164 g/mol. The lowest BCUT2D eigenvalue weighted by atomic mass is 9.28. The monoisotopic (exact) mass is 164 g/mol. The van der Waals surface area contributed by atoms with Gasteiger partial charge in [-0.2, -0.15) is 0 Å². The van der Waals surface area contributed by atoms with Crippen LogP contribution in [0.3, 0.4) is 0 Å². The Morgan fingerprint density at radius 1 is 1.25 bits per heavy atom.